The summed E-state index contributed by atoms with van der Waals surface area (Å²) in [7, 11) is -3.45. The number of hydrogen-bond donors (Lipinski definition) is 0. The molecule has 132 valence electrons. The molecule has 0 saturated heterocycles. The zero-order chi connectivity index (χ0) is 18.2. The monoisotopic (exact) mass is 377 g/mol. The number of hydrogen-bond acceptors (Lipinski definition) is 3. The van der Waals surface area contributed by atoms with Gasteiger partial charge < -0.3 is 4.90 Å². The lowest BCUT2D eigenvalue weighted by Crippen LogP contribution is -2.39. The van der Waals surface area contributed by atoms with Gasteiger partial charge in [-0.2, -0.15) is 0 Å². The molecule has 0 fully saturated rings. The highest BCUT2D eigenvalue weighted by Crippen LogP contribution is 2.31. The summed E-state index contributed by atoms with van der Waals surface area (Å²) in [5.74, 6) is -0.111. The van der Waals surface area contributed by atoms with Crippen LogP contribution in [0.4, 0.5) is 0 Å². The van der Waals surface area contributed by atoms with E-state index in [9.17, 15) is 13.2 Å². The number of sulfone groups is 1. The van der Waals surface area contributed by atoms with Crippen LogP contribution in [-0.4, -0.2) is 32.0 Å². The summed E-state index contributed by atoms with van der Waals surface area (Å²) in [5.41, 5.74) is 2.78. The quantitative estimate of drug-likeness (QED) is 0.823. The Morgan fingerprint density at radius 3 is 2.64 bits per heavy atom. The Morgan fingerprint density at radius 2 is 1.92 bits per heavy atom. The smallest absolute Gasteiger partial charge is 0.227 e. The van der Waals surface area contributed by atoms with Gasteiger partial charge in [0.2, 0.25) is 5.91 Å². The largest absolute Gasteiger partial charge is 0.335 e. The third kappa shape index (κ3) is 3.58. The summed E-state index contributed by atoms with van der Waals surface area (Å²) in [4.78, 5) is 14.8. The maximum atomic E-state index is 12.9. The molecule has 0 bridgehead atoms. The normalized spacial score (nSPS) is 17.2. The Morgan fingerprint density at radius 1 is 1.20 bits per heavy atom. The van der Waals surface area contributed by atoms with Gasteiger partial charge in [0.1, 0.15) is 0 Å². The minimum absolute atomic E-state index is 0.0193. The maximum absolute atomic E-state index is 12.9. The van der Waals surface area contributed by atoms with E-state index < -0.39 is 9.84 Å². The molecule has 0 spiro atoms. The number of fused-ring (bicyclic) bond motifs is 1. The van der Waals surface area contributed by atoms with E-state index >= 15 is 0 Å². The maximum Gasteiger partial charge on any atom is 0.227 e. The van der Waals surface area contributed by atoms with Crippen LogP contribution in [0.2, 0.25) is 5.02 Å². The van der Waals surface area contributed by atoms with Crippen molar-refractivity contribution in [2.45, 2.75) is 30.7 Å². The topological polar surface area (TPSA) is 54.5 Å². The van der Waals surface area contributed by atoms with Crippen molar-refractivity contribution in [3.05, 3.63) is 64.2 Å². The minimum Gasteiger partial charge on any atom is -0.335 e. The van der Waals surface area contributed by atoms with Crippen LogP contribution in [0.15, 0.2) is 47.4 Å². The van der Waals surface area contributed by atoms with Crippen LogP contribution in [0, 0.1) is 0 Å². The Balaban J connectivity index is 1.90. The lowest BCUT2D eigenvalue weighted by molar-refractivity contribution is -0.133. The highest BCUT2D eigenvalue weighted by Gasteiger charge is 2.28. The molecule has 25 heavy (non-hydrogen) atoms. The number of halogens is 1. The first-order valence-electron chi connectivity index (χ1n) is 8.13. The Labute approximate surface area is 153 Å². The van der Waals surface area contributed by atoms with E-state index in [0.717, 1.165) is 18.2 Å². The molecule has 1 aliphatic rings. The summed E-state index contributed by atoms with van der Waals surface area (Å²) < 4.78 is 24.0. The molecule has 0 saturated carbocycles. The summed E-state index contributed by atoms with van der Waals surface area (Å²) in [5, 5.41) is 0.307. The second-order valence-electron chi connectivity index (χ2n) is 6.38. The van der Waals surface area contributed by atoms with Gasteiger partial charge in [0.15, 0.2) is 9.84 Å². The van der Waals surface area contributed by atoms with Crippen LogP contribution >= 0.6 is 11.6 Å². The first kappa shape index (κ1) is 18.0. The van der Waals surface area contributed by atoms with Gasteiger partial charge in [-0.3, -0.25) is 4.79 Å². The van der Waals surface area contributed by atoms with Crippen molar-refractivity contribution in [1.82, 2.24) is 4.90 Å². The molecule has 1 amide bonds. The van der Waals surface area contributed by atoms with Crippen molar-refractivity contribution in [3.8, 4) is 0 Å². The Hall–Kier alpha value is -1.85. The van der Waals surface area contributed by atoms with E-state index in [1.165, 1.54) is 11.6 Å². The number of nitrogens with zero attached hydrogens (tertiary/aromatic N) is 1. The average molecular weight is 378 g/mol. The molecule has 4 nitrogen and oxygen atoms in total. The van der Waals surface area contributed by atoms with Gasteiger partial charge in [0, 0.05) is 17.8 Å². The summed E-state index contributed by atoms with van der Waals surface area (Å²) >= 11 is 6.20. The molecule has 0 N–H and O–H groups in total. The zero-order valence-electron chi connectivity index (χ0n) is 14.2. The van der Waals surface area contributed by atoms with Gasteiger partial charge in [-0.1, -0.05) is 41.9 Å². The molecule has 6 heteroatoms. The molecule has 1 unspecified atom stereocenters. The molecule has 3 rings (SSSR count). The molecule has 0 aliphatic carbocycles. The SMILES string of the molecule is CC1c2ccccc2CCN1C(=O)Cc1c(Cl)cccc1S(C)(=O)=O. The number of carbonyl (C=O) groups is 1. The van der Waals surface area contributed by atoms with Crippen LogP contribution in [0.25, 0.3) is 0 Å². The number of carbonyl (C=O) groups excluding carboxylic acids is 1. The average Bonchev–Trinajstić information content (AvgIpc) is 2.56. The third-order valence-electron chi connectivity index (χ3n) is 4.72. The lowest BCUT2D eigenvalue weighted by Gasteiger charge is -2.35. The third-order valence-corrected chi connectivity index (χ3v) is 6.25. The Bertz CT molecular complexity index is 924. The van der Waals surface area contributed by atoms with E-state index in [2.05, 4.69) is 6.07 Å². The van der Waals surface area contributed by atoms with E-state index in [0.29, 0.717) is 17.1 Å². The van der Waals surface area contributed by atoms with Gasteiger partial charge in [-0.05, 0) is 42.2 Å². The number of benzene rings is 2. The fourth-order valence-corrected chi connectivity index (χ4v) is 4.68. The molecule has 2 aromatic carbocycles. The van der Waals surface area contributed by atoms with Crippen molar-refractivity contribution >= 4 is 27.3 Å². The molecular weight excluding hydrogens is 358 g/mol. The van der Waals surface area contributed by atoms with Gasteiger partial charge in [-0.25, -0.2) is 8.42 Å². The number of rotatable bonds is 3. The second-order valence-corrected chi connectivity index (χ2v) is 8.77. The molecular formula is C19H20ClNO3S. The van der Waals surface area contributed by atoms with Crippen LogP contribution in [0.3, 0.4) is 0 Å². The number of amides is 1. The molecule has 2 aromatic rings. The van der Waals surface area contributed by atoms with Crippen molar-refractivity contribution in [1.29, 1.82) is 0 Å². The first-order valence-corrected chi connectivity index (χ1v) is 10.4. The fourth-order valence-electron chi connectivity index (χ4n) is 3.42. The van der Waals surface area contributed by atoms with Crippen LogP contribution in [-0.2, 0) is 27.5 Å². The predicted octanol–water partition coefficient (Wildman–Crippen LogP) is 3.43. The van der Waals surface area contributed by atoms with Gasteiger partial charge in [-0.15, -0.1) is 0 Å². The van der Waals surface area contributed by atoms with Crippen molar-refractivity contribution in [2.75, 3.05) is 12.8 Å². The fraction of sp³-hybridized carbons (Fsp3) is 0.316. The van der Waals surface area contributed by atoms with Crippen LogP contribution < -0.4 is 0 Å². The lowest BCUT2D eigenvalue weighted by atomic mass is 9.93. The van der Waals surface area contributed by atoms with Crippen LogP contribution in [0.1, 0.15) is 29.7 Å². The summed E-state index contributed by atoms with van der Waals surface area (Å²) in [6, 6.07) is 12.8. The highest BCUT2D eigenvalue weighted by molar-refractivity contribution is 7.90. The van der Waals surface area contributed by atoms with E-state index in [1.54, 1.807) is 17.0 Å². The zero-order valence-corrected chi connectivity index (χ0v) is 15.8. The Kier molecular flexibility index (Phi) is 4.89. The second kappa shape index (κ2) is 6.81. The minimum atomic E-state index is -3.45. The molecule has 1 atom stereocenters. The van der Waals surface area contributed by atoms with Crippen molar-refractivity contribution in [3.63, 3.8) is 0 Å². The highest BCUT2D eigenvalue weighted by atomic mass is 35.5. The molecule has 0 aromatic heterocycles. The summed E-state index contributed by atoms with van der Waals surface area (Å²) in [6.07, 6.45) is 1.91. The van der Waals surface area contributed by atoms with E-state index in [1.807, 2.05) is 25.1 Å². The van der Waals surface area contributed by atoms with Crippen LogP contribution in [0.5, 0.6) is 0 Å². The van der Waals surface area contributed by atoms with Gasteiger partial charge in [0.25, 0.3) is 0 Å². The predicted molar refractivity (Wildman–Crippen MR) is 98.5 cm³/mol. The standard InChI is InChI=1S/C19H20ClNO3S/c1-13-15-7-4-3-6-14(15)10-11-21(13)19(22)12-16-17(20)8-5-9-18(16)25(2,23)24/h3-9,13H,10-12H2,1-2H3. The van der Waals surface area contributed by atoms with Crippen molar-refractivity contribution in [2.24, 2.45) is 0 Å². The van der Waals surface area contributed by atoms with E-state index in [4.69, 9.17) is 11.6 Å². The first-order chi connectivity index (χ1) is 11.8. The van der Waals surface area contributed by atoms with Gasteiger partial charge in [0.05, 0.1) is 17.4 Å². The molecule has 0 radical (unpaired) electrons. The van der Waals surface area contributed by atoms with Crippen molar-refractivity contribution < 1.29 is 13.2 Å². The molecule has 1 heterocycles. The van der Waals surface area contributed by atoms with E-state index in [-0.39, 0.29) is 23.3 Å². The molecule has 1 aliphatic heterocycles. The van der Waals surface area contributed by atoms with Gasteiger partial charge >= 0.3 is 0 Å². The summed E-state index contributed by atoms with van der Waals surface area (Å²) in [6.45, 7) is 2.62.